The average Bonchev–Trinajstić information content (AvgIpc) is 2.77. The van der Waals surface area contributed by atoms with Gasteiger partial charge in [0.05, 0.1) is 34.9 Å². The molecule has 0 spiro atoms. The lowest BCUT2D eigenvalue weighted by molar-refractivity contribution is 0.284. The van der Waals surface area contributed by atoms with Crippen LogP contribution in [0.5, 0.6) is 0 Å². The molecule has 140 valence electrons. The summed E-state index contributed by atoms with van der Waals surface area (Å²) in [5.41, 5.74) is 4.42. The van der Waals surface area contributed by atoms with Crippen LogP contribution in [0.15, 0.2) is 89.1 Å². The second-order valence-electron chi connectivity index (χ2n) is 6.37. The van der Waals surface area contributed by atoms with Gasteiger partial charge in [0, 0.05) is 13.1 Å². The summed E-state index contributed by atoms with van der Waals surface area (Å²) in [4.78, 5) is 11.6. The molecule has 4 rings (SSSR count). The van der Waals surface area contributed by atoms with Crippen LogP contribution in [0.1, 0.15) is 12.5 Å². The fraction of sp³-hybridized carbons (Fsp3) is 0.182. The van der Waals surface area contributed by atoms with Gasteiger partial charge in [-0.1, -0.05) is 30.3 Å². The molecular formula is C22H21N5O. The minimum atomic E-state index is 0.522. The number of nitrogens with zero attached hydrogens (tertiary/aromatic N) is 5. The number of ether oxygens (including phenoxy) is 1. The zero-order chi connectivity index (χ0) is 19.2. The molecule has 0 N–H and O–H groups in total. The van der Waals surface area contributed by atoms with Gasteiger partial charge in [-0.3, -0.25) is 4.98 Å². The second-order valence-corrected chi connectivity index (χ2v) is 6.37. The molecule has 3 aromatic rings. The molecule has 2 heterocycles. The van der Waals surface area contributed by atoms with Crippen molar-refractivity contribution in [2.45, 2.75) is 13.5 Å². The Morgan fingerprint density at radius 2 is 1.96 bits per heavy atom. The number of hydrogen-bond donors (Lipinski definition) is 0. The van der Waals surface area contributed by atoms with Gasteiger partial charge >= 0.3 is 0 Å². The molecule has 2 aromatic carbocycles. The molecule has 0 saturated carbocycles. The highest BCUT2D eigenvalue weighted by molar-refractivity contribution is 5.79. The SMILES string of the molecule is CCN(Cc1ccccc1)c1cnc2cc(N=NC3=CCOC=C3)ccc2n1. The van der Waals surface area contributed by atoms with Crippen molar-refractivity contribution in [3.8, 4) is 0 Å². The number of anilines is 1. The summed E-state index contributed by atoms with van der Waals surface area (Å²) in [6.07, 6.45) is 7.10. The van der Waals surface area contributed by atoms with E-state index in [2.05, 4.69) is 51.3 Å². The Hall–Kier alpha value is -3.54. The van der Waals surface area contributed by atoms with Gasteiger partial charge < -0.3 is 9.64 Å². The number of hydrogen-bond acceptors (Lipinski definition) is 6. The van der Waals surface area contributed by atoms with Gasteiger partial charge in [-0.2, -0.15) is 10.2 Å². The summed E-state index contributed by atoms with van der Waals surface area (Å²) >= 11 is 0. The topological polar surface area (TPSA) is 63.0 Å². The fourth-order valence-electron chi connectivity index (χ4n) is 2.93. The first-order valence-corrected chi connectivity index (χ1v) is 9.27. The monoisotopic (exact) mass is 371 g/mol. The third-order valence-electron chi connectivity index (χ3n) is 4.44. The van der Waals surface area contributed by atoms with Crippen LogP contribution in [-0.2, 0) is 11.3 Å². The van der Waals surface area contributed by atoms with E-state index in [4.69, 9.17) is 9.72 Å². The molecule has 0 aliphatic carbocycles. The summed E-state index contributed by atoms with van der Waals surface area (Å²) < 4.78 is 5.11. The Bertz CT molecular complexity index is 1040. The van der Waals surface area contributed by atoms with Crippen molar-refractivity contribution in [1.82, 2.24) is 9.97 Å². The molecule has 6 heteroatoms. The van der Waals surface area contributed by atoms with Crippen molar-refractivity contribution in [2.24, 2.45) is 10.2 Å². The molecule has 0 fully saturated rings. The summed E-state index contributed by atoms with van der Waals surface area (Å²) in [6, 6.07) is 16.1. The van der Waals surface area contributed by atoms with Crippen LogP contribution < -0.4 is 4.90 Å². The van der Waals surface area contributed by atoms with Crippen LogP contribution in [0.25, 0.3) is 11.0 Å². The lowest BCUT2D eigenvalue weighted by atomic mass is 10.2. The fourth-order valence-corrected chi connectivity index (χ4v) is 2.93. The predicted molar refractivity (Wildman–Crippen MR) is 110 cm³/mol. The van der Waals surface area contributed by atoms with Gasteiger partial charge in [-0.15, -0.1) is 0 Å². The third kappa shape index (κ3) is 4.23. The highest BCUT2D eigenvalue weighted by Gasteiger charge is 2.09. The molecule has 0 radical (unpaired) electrons. The van der Waals surface area contributed by atoms with E-state index in [1.807, 2.05) is 36.5 Å². The molecule has 1 aliphatic heterocycles. The Balaban J connectivity index is 1.55. The summed E-state index contributed by atoms with van der Waals surface area (Å²) in [6.45, 7) is 4.30. The van der Waals surface area contributed by atoms with Gasteiger partial charge in [-0.05, 0) is 42.8 Å². The molecule has 0 atom stereocenters. The number of fused-ring (bicyclic) bond motifs is 1. The van der Waals surface area contributed by atoms with Gasteiger partial charge in [0.25, 0.3) is 0 Å². The maximum atomic E-state index is 5.11. The molecule has 0 bridgehead atoms. The van der Waals surface area contributed by atoms with E-state index in [1.54, 1.807) is 12.3 Å². The summed E-state index contributed by atoms with van der Waals surface area (Å²) in [7, 11) is 0. The van der Waals surface area contributed by atoms with Crippen molar-refractivity contribution in [3.05, 3.63) is 84.4 Å². The van der Waals surface area contributed by atoms with Crippen LogP contribution in [-0.4, -0.2) is 23.1 Å². The quantitative estimate of drug-likeness (QED) is 0.561. The first-order valence-electron chi connectivity index (χ1n) is 9.27. The number of allylic oxidation sites excluding steroid dienone is 1. The standard InChI is InChI=1S/C22H21N5O/c1-2-27(16-17-6-4-3-5-7-17)22-15-23-21-14-19(8-9-20(21)24-22)26-25-18-10-12-28-13-11-18/h3-12,14-15H,2,13,16H2,1H3. The van der Waals surface area contributed by atoms with Gasteiger partial charge in [0.2, 0.25) is 0 Å². The number of azo groups is 1. The van der Waals surface area contributed by atoms with E-state index in [0.29, 0.717) is 6.61 Å². The van der Waals surface area contributed by atoms with E-state index >= 15 is 0 Å². The molecule has 28 heavy (non-hydrogen) atoms. The Morgan fingerprint density at radius 1 is 1.07 bits per heavy atom. The Morgan fingerprint density at radius 3 is 2.75 bits per heavy atom. The lowest BCUT2D eigenvalue weighted by Crippen LogP contribution is -2.23. The minimum Gasteiger partial charge on any atom is -0.497 e. The third-order valence-corrected chi connectivity index (χ3v) is 4.44. The smallest absolute Gasteiger partial charge is 0.148 e. The van der Waals surface area contributed by atoms with Gasteiger partial charge in [0.15, 0.2) is 0 Å². The Labute approximate surface area is 163 Å². The van der Waals surface area contributed by atoms with Crippen LogP contribution in [0.2, 0.25) is 0 Å². The van der Waals surface area contributed by atoms with E-state index in [9.17, 15) is 0 Å². The van der Waals surface area contributed by atoms with Crippen molar-refractivity contribution in [3.63, 3.8) is 0 Å². The van der Waals surface area contributed by atoms with Crippen molar-refractivity contribution >= 4 is 22.5 Å². The molecule has 0 saturated heterocycles. The maximum Gasteiger partial charge on any atom is 0.148 e. The van der Waals surface area contributed by atoms with Gasteiger partial charge in [-0.25, -0.2) is 4.98 Å². The van der Waals surface area contributed by atoms with E-state index in [0.717, 1.165) is 41.3 Å². The average molecular weight is 371 g/mol. The van der Waals surface area contributed by atoms with Gasteiger partial charge in [0.1, 0.15) is 12.4 Å². The highest BCUT2D eigenvalue weighted by atomic mass is 16.5. The van der Waals surface area contributed by atoms with E-state index in [1.165, 1.54) is 5.56 Å². The molecule has 6 nitrogen and oxygen atoms in total. The minimum absolute atomic E-state index is 0.522. The zero-order valence-electron chi connectivity index (χ0n) is 15.7. The summed E-state index contributed by atoms with van der Waals surface area (Å²) in [5, 5.41) is 8.51. The first-order chi connectivity index (χ1) is 13.8. The molecule has 1 aromatic heterocycles. The largest absolute Gasteiger partial charge is 0.497 e. The first kappa shape index (κ1) is 17.9. The van der Waals surface area contributed by atoms with E-state index in [-0.39, 0.29) is 0 Å². The second kappa shape index (κ2) is 8.43. The number of rotatable bonds is 6. The molecule has 0 unspecified atom stereocenters. The highest BCUT2D eigenvalue weighted by Crippen LogP contribution is 2.23. The molecule has 1 aliphatic rings. The van der Waals surface area contributed by atoms with Crippen LogP contribution in [0.4, 0.5) is 11.5 Å². The van der Waals surface area contributed by atoms with Crippen molar-refractivity contribution in [2.75, 3.05) is 18.1 Å². The maximum absolute atomic E-state index is 5.11. The van der Waals surface area contributed by atoms with Crippen molar-refractivity contribution < 1.29 is 4.74 Å². The summed E-state index contributed by atoms with van der Waals surface area (Å²) in [5.74, 6) is 0.866. The van der Waals surface area contributed by atoms with Crippen LogP contribution in [0, 0.1) is 0 Å². The van der Waals surface area contributed by atoms with Crippen LogP contribution >= 0.6 is 0 Å². The lowest BCUT2D eigenvalue weighted by Gasteiger charge is -2.22. The molecule has 0 amide bonds. The normalized spacial score (nSPS) is 13.5. The number of benzene rings is 2. The zero-order valence-corrected chi connectivity index (χ0v) is 15.7. The predicted octanol–water partition coefficient (Wildman–Crippen LogP) is 5.17. The molecular weight excluding hydrogens is 350 g/mol. The van der Waals surface area contributed by atoms with E-state index < -0.39 is 0 Å². The van der Waals surface area contributed by atoms with Crippen LogP contribution in [0.3, 0.4) is 0 Å². The number of aromatic nitrogens is 2. The van der Waals surface area contributed by atoms with Crippen molar-refractivity contribution in [1.29, 1.82) is 0 Å². The Kier molecular flexibility index (Phi) is 5.38.